The molecule has 0 radical (unpaired) electrons. The van der Waals surface area contributed by atoms with Crippen LogP contribution < -0.4 is 5.32 Å². The Balaban J connectivity index is 3.17. The fraction of sp³-hybridized carbons (Fsp3) is 0.857. The van der Waals surface area contributed by atoms with Gasteiger partial charge >= 0.3 is 0 Å². The number of hydrogen-bond donors (Lipinski definition) is 1. The molecule has 0 amide bonds. The van der Waals surface area contributed by atoms with Crippen LogP contribution in [0, 0.1) is 0 Å². The first kappa shape index (κ1) is 14.7. The lowest BCUT2D eigenvalue weighted by Crippen LogP contribution is -2.24. The molecule has 1 nitrogen and oxygen atoms in total. The van der Waals surface area contributed by atoms with E-state index < -0.39 is 0 Å². The van der Waals surface area contributed by atoms with Crippen LogP contribution in [-0.4, -0.2) is 13.1 Å². The molecular formula is C14H29N. The number of rotatable bonds is 11. The molecule has 0 saturated carbocycles. The van der Waals surface area contributed by atoms with Crippen LogP contribution in [0.25, 0.3) is 0 Å². The van der Waals surface area contributed by atoms with E-state index in [-0.39, 0.29) is 0 Å². The summed E-state index contributed by atoms with van der Waals surface area (Å²) in [6, 6.07) is 0.651. The summed E-state index contributed by atoms with van der Waals surface area (Å²) in [5, 5.41) is 3.34. The first-order valence-electron chi connectivity index (χ1n) is 6.63. The standard InChI is InChI=1S/C14H29N/c1-4-6-7-8-9-10-11-13-14(15-3)12-5-2/h5,14-15H,2,4,6-13H2,1,3H3. The normalized spacial score (nSPS) is 12.7. The molecule has 0 aliphatic heterocycles. The fourth-order valence-electron chi connectivity index (χ4n) is 1.93. The summed E-state index contributed by atoms with van der Waals surface area (Å²) in [6.45, 7) is 6.06. The lowest BCUT2D eigenvalue weighted by Gasteiger charge is -2.13. The second-order valence-corrected chi connectivity index (χ2v) is 4.42. The van der Waals surface area contributed by atoms with Crippen molar-refractivity contribution in [1.29, 1.82) is 0 Å². The molecule has 0 aliphatic rings. The predicted octanol–water partition coefficient (Wildman–Crippen LogP) is 4.29. The van der Waals surface area contributed by atoms with Crippen LogP contribution in [0.15, 0.2) is 12.7 Å². The number of unbranched alkanes of at least 4 members (excludes halogenated alkanes) is 6. The Morgan fingerprint density at radius 2 is 1.67 bits per heavy atom. The van der Waals surface area contributed by atoms with Gasteiger partial charge in [0.1, 0.15) is 0 Å². The zero-order chi connectivity index (χ0) is 11.4. The van der Waals surface area contributed by atoms with Crippen molar-refractivity contribution in [1.82, 2.24) is 5.32 Å². The molecule has 0 fully saturated rings. The second-order valence-electron chi connectivity index (χ2n) is 4.42. The van der Waals surface area contributed by atoms with Gasteiger partial charge in [-0.1, -0.05) is 57.9 Å². The van der Waals surface area contributed by atoms with Crippen molar-refractivity contribution in [2.45, 2.75) is 70.8 Å². The summed E-state index contributed by atoms with van der Waals surface area (Å²) in [5.74, 6) is 0. The molecule has 1 N–H and O–H groups in total. The van der Waals surface area contributed by atoms with Gasteiger partial charge in [0.25, 0.3) is 0 Å². The van der Waals surface area contributed by atoms with Gasteiger partial charge in [-0.15, -0.1) is 6.58 Å². The number of hydrogen-bond acceptors (Lipinski definition) is 1. The lowest BCUT2D eigenvalue weighted by atomic mass is 10.0. The maximum absolute atomic E-state index is 3.79. The number of nitrogens with one attached hydrogen (secondary N) is 1. The monoisotopic (exact) mass is 211 g/mol. The largest absolute Gasteiger partial charge is 0.317 e. The Hall–Kier alpha value is -0.300. The lowest BCUT2D eigenvalue weighted by molar-refractivity contribution is 0.484. The molecule has 0 heterocycles. The van der Waals surface area contributed by atoms with E-state index in [1.54, 1.807) is 0 Å². The molecule has 1 unspecified atom stereocenters. The Labute approximate surface area is 96.3 Å². The molecule has 1 atom stereocenters. The third-order valence-electron chi connectivity index (χ3n) is 3.02. The molecule has 0 bridgehead atoms. The van der Waals surface area contributed by atoms with E-state index in [2.05, 4.69) is 25.9 Å². The smallest absolute Gasteiger partial charge is 0.00984 e. The summed E-state index contributed by atoms with van der Waals surface area (Å²) in [7, 11) is 2.05. The molecule has 90 valence electrons. The van der Waals surface area contributed by atoms with Gasteiger partial charge in [-0.3, -0.25) is 0 Å². The molecule has 0 aromatic rings. The minimum Gasteiger partial charge on any atom is -0.317 e. The fourth-order valence-corrected chi connectivity index (χ4v) is 1.93. The average molecular weight is 211 g/mol. The van der Waals surface area contributed by atoms with Gasteiger partial charge in [0.15, 0.2) is 0 Å². The molecule has 0 rings (SSSR count). The van der Waals surface area contributed by atoms with E-state index in [9.17, 15) is 0 Å². The Bertz CT molecular complexity index is 131. The molecular weight excluding hydrogens is 182 g/mol. The molecule has 0 spiro atoms. The zero-order valence-corrected chi connectivity index (χ0v) is 10.7. The summed E-state index contributed by atoms with van der Waals surface area (Å²) < 4.78 is 0. The van der Waals surface area contributed by atoms with Crippen molar-refractivity contribution in [3.8, 4) is 0 Å². The molecule has 0 aromatic carbocycles. The highest BCUT2D eigenvalue weighted by atomic mass is 14.9. The van der Waals surface area contributed by atoms with Crippen LogP contribution in [0.4, 0.5) is 0 Å². The van der Waals surface area contributed by atoms with Gasteiger partial charge in [0.05, 0.1) is 0 Å². The Kier molecular flexibility index (Phi) is 11.5. The summed E-state index contributed by atoms with van der Waals surface area (Å²) >= 11 is 0. The van der Waals surface area contributed by atoms with Crippen molar-refractivity contribution in [3.63, 3.8) is 0 Å². The maximum atomic E-state index is 3.79. The summed E-state index contributed by atoms with van der Waals surface area (Å²) in [6.07, 6.45) is 14.2. The molecule has 1 heteroatoms. The van der Waals surface area contributed by atoms with E-state index in [1.807, 2.05) is 6.08 Å². The van der Waals surface area contributed by atoms with Crippen LogP contribution in [0.5, 0.6) is 0 Å². The van der Waals surface area contributed by atoms with Crippen LogP contribution in [0.3, 0.4) is 0 Å². The van der Waals surface area contributed by atoms with Gasteiger partial charge < -0.3 is 5.32 Å². The van der Waals surface area contributed by atoms with Crippen molar-refractivity contribution < 1.29 is 0 Å². The second kappa shape index (κ2) is 11.8. The molecule has 0 aliphatic carbocycles. The Morgan fingerprint density at radius 3 is 2.20 bits per heavy atom. The van der Waals surface area contributed by atoms with Crippen LogP contribution in [-0.2, 0) is 0 Å². The maximum Gasteiger partial charge on any atom is 0.00984 e. The highest BCUT2D eigenvalue weighted by Crippen LogP contribution is 2.10. The SMILES string of the molecule is C=CCC(CCCCCCCCC)NC. The van der Waals surface area contributed by atoms with Gasteiger partial charge in [-0.05, 0) is 19.9 Å². The molecule has 15 heavy (non-hydrogen) atoms. The summed E-state index contributed by atoms with van der Waals surface area (Å²) in [5.41, 5.74) is 0. The quantitative estimate of drug-likeness (QED) is 0.397. The predicted molar refractivity (Wildman–Crippen MR) is 70.3 cm³/mol. The highest BCUT2D eigenvalue weighted by molar-refractivity contribution is 4.76. The van der Waals surface area contributed by atoms with Gasteiger partial charge in [-0.25, -0.2) is 0 Å². The van der Waals surface area contributed by atoms with E-state index in [0.29, 0.717) is 6.04 Å². The van der Waals surface area contributed by atoms with Gasteiger partial charge in [0, 0.05) is 6.04 Å². The van der Waals surface area contributed by atoms with Crippen molar-refractivity contribution in [3.05, 3.63) is 12.7 Å². The zero-order valence-electron chi connectivity index (χ0n) is 10.7. The molecule has 0 aromatic heterocycles. The van der Waals surface area contributed by atoms with Crippen molar-refractivity contribution in [2.24, 2.45) is 0 Å². The minimum atomic E-state index is 0.651. The van der Waals surface area contributed by atoms with Gasteiger partial charge in [-0.2, -0.15) is 0 Å². The third-order valence-corrected chi connectivity index (χ3v) is 3.02. The average Bonchev–Trinajstić information content (AvgIpc) is 2.26. The first-order chi connectivity index (χ1) is 7.35. The third kappa shape index (κ3) is 9.99. The molecule has 0 saturated heterocycles. The summed E-state index contributed by atoms with van der Waals surface area (Å²) in [4.78, 5) is 0. The van der Waals surface area contributed by atoms with Gasteiger partial charge in [0.2, 0.25) is 0 Å². The van der Waals surface area contributed by atoms with Crippen molar-refractivity contribution >= 4 is 0 Å². The first-order valence-corrected chi connectivity index (χ1v) is 6.63. The van der Waals surface area contributed by atoms with E-state index in [1.165, 1.54) is 51.4 Å². The highest BCUT2D eigenvalue weighted by Gasteiger charge is 2.02. The van der Waals surface area contributed by atoms with E-state index in [0.717, 1.165) is 6.42 Å². The van der Waals surface area contributed by atoms with E-state index in [4.69, 9.17) is 0 Å². The van der Waals surface area contributed by atoms with Crippen LogP contribution >= 0.6 is 0 Å². The van der Waals surface area contributed by atoms with Crippen LogP contribution in [0.2, 0.25) is 0 Å². The minimum absolute atomic E-state index is 0.651. The Morgan fingerprint density at radius 1 is 1.07 bits per heavy atom. The van der Waals surface area contributed by atoms with Crippen LogP contribution in [0.1, 0.15) is 64.7 Å². The van der Waals surface area contributed by atoms with E-state index >= 15 is 0 Å². The van der Waals surface area contributed by atoms with Crippen molar-refractivity contribution in [2.75, 3.05) is 7.05 Å². The topological polar surface area (TPSA) is 12.0 Å².